The number of aliphatic imine (C=N–C) groups is 2. The standard InChI is InChI=1S/C56H73N3O/c1-7-8-9-10-11-12-13-14-15-16-17-18-19-20-21-22-23-30-38-60-56-51(48-32-26-24-27-33-48)41-50(42-52(56)49-34-28-25-29-35-49)57-46(5)53-36-31-37-54(59-53)47(6)58-55-44(3)39-43(2)40-45(55)4/h24-29,31-37,39-42H,7-23,30,38H2,1-6H3. The number of benzene rings is 4. The lowest BCUT2D eigenvalue weighted by Gasteiger charge is -2.18. The fourth-order valence-corrected chi connectivity index (χ4v) is 8.34. The van der Waals surface area contributed by atoms with Gasteiger partial charge in [0.1, 0.15) is 5.75 Å². The Hall–Kier alpha value is -4.83. The molecule has 0 unspecified atom stereocenters. The largest absolute Gasteiger partial charge is 0.492 e. The number of hydrogen-bond acceptors (Lipinski definition) is 4. The lowest BCUT2D eigenvalue weighted by Crippen LogP contribution is -2.05. The molecule has 0 spiro atoms. The van der Waals surface area contributed by atoms with Gasteiger partial charge in [0.05, 0.1) is 40.8 Å². The summed E-state index contributed by atoms with van der Waals surface area (Å²) in [4.78, 5) is 15.3. The van der Waals surface area contributed by atoms with E-state index in [0.717, 1.165) is 68.6 Å². The normalized spacial score (nSPS) is 12.0. The highest BCUT2D eigenvalue weighted by Crippen LogP contribution is 2.43. The zero-order valence-electron chi connectivity index (χ0n) is 38.0. The van der Waals surface area contributed by atoms with E-state index in [9.17, 15) is 0 Å². The third-order valence-electron chi connectivity index (χ3n) is 11.7. The van der Waals surface area contributed by atoms with Crippen LogP contribution in [0.3, 0.4) is 0 Å². The molecule has 0 aliphatic carbocycles. The Kier molecular flexibility index (Phi) is 19.8. The number of nitrogens with zero attached hydrogens (tertiary/aromatic N) is 3. The first-order valence-corrected chi connectivity index (χ1v) is 23.4. The molecule has 60 heavy (non-hydrogen) atoms. The van der Waals surface area contributed by atoms with Gasteiger partial charge in [-0.05, 0) is 87.6 Å². The van der Waals surface area contributed by atoms with Gasteiger partial charge >= 0.3 is 0 Å². The summed E-state index contributed by atoms with van der Waals surface area (Å²) in [6.45, 7) is 13.4. The zero-order valence-corrected chi connectivity index (χ0v) is 38.0. The summed E-state index contributed by atoms with van der Waals surface area (Å²) in [5.74, 6) is 0.921. The van der Waals surface area contributed by atoms with E-state index in [1.54, 1.807) is 0 Å². The fraction of sp³-hybridized carbons (Fsp3) is 0.446. The third-order valence-corrected chi connectivity index (χ3v) is 11.7. The third kappa shape index (κ3) is 15.0. The molecule has 5 aromatic rings. The Morgan fingerprint density at radius 2 is 0.900 bits per heavy atom. The summed E-state index contributed by atoms with van der Waals surface area (Å²) in [5.41, 5.74) is 13.2. The fourth-order valence-electron chi connectivity index (χ4n) is 8.34. The maximum absolute atomic E-state index is 6.79. The zero-order chi connectivity index (χ0) is 42.4. The van der Waals surface area contributed by atoms with Crippen LogP contribution >= 0.6 is 0 Å². The van der Waals surface area contributed by atoms with E-state index < -0.39 is 0 Å². The van der Waals surface area contributed by atoms with Crippen LogP contribution in [0.4, 0.5) is 11.4 Å². The van der Waals surface area contributed by atoms with Gasteiger partial charge < -0.3 is 4.74 Å². The van der Waals surface area contributed by atoms with Crippen molar-refractivity contribution in [2.24, 2.45) is 9.98 Å². The average molecular weight is 804 g/mol. The lowest BCUT2D eigenvalue weighted by atomic mass is 9.96. The summed E-state index contributed by atoms with van der Waals surface area (Å²) < 4.78 is 6.79. The van der Waals surface area contributed by atoms with Crippen molar-refractivity contribution in [1.29, 1.82) is 0 Å². The van der Waals surface area contributed by atoms with Crippen molar-refractivity contribution >= 4 is 22.8 Å². The van der Waals surface area contributed by atoms with Gasteiger partial charge in [0.2, 0.25) is 0 Å². The van der Waals surface area contributed by atoms with E-state index >= 15 is 0 Å². The van der Waals surface area contributed by atoms with Crippen LogP contribution in [-0.4, -0.2) is 23.0 Å². The number of aryl methyl sites for hydroxylation is 3. The SMILES string of the molecule is CCCCCCCCCCCCCCCCCCCCOc1c(-c2ccccc2)cc(N=C(C)c2cccc(C(C)=Nc3c(C)cc(C)cc3C)n2)cc1-c1ccccc1. The van der Waals surface area contributed by atoms with Crippen LogP contribution in [0.1, 0.15) is 164 Å². The van der Waals surface area contributed by atoms with Crippen LogP contribution in [0.25, 0.3) is 22.3 Å². The van der Waals surface area contributed by atoms with Crippen molar-refractivity contribution in [3.05, 3.63) is 131 Å². The minimum absolute atomic E-state index is 0.694. The number of hydrogen-bond donors (Lipinski definition) is 0. The molecule has 0 aliphatic rings. The minimum Gasteiger partial charge on any atom is -0.492 e. The van der Waals surface area contributed by atoms with Crippen LogP contribution in [0.5, 0.6) is 5.75 Å². The highest BCUT2D eigenvalue weighted by Gasteiger charge is 2.17. The first-order valence-electron chi connectivity index (χ1n) is 23.4. The summed E-state index contributed by atoms with van der Waals surface area (Å²) >= 11 is 0. The molecule has 0 saturated heterocycles. The number of unbranched alkanes of at least 4 members (excludes halogenated alkanes) is 17. The average Bonchev–Trinajstić information content (AvgIpc) is 3.26. The minimum atomic E-state index is 0.694. The summed E-state index contributed by atoms with van der Waals surface area (Å²) in [6, 6.07) is 36.0. The van der Waals surface area contributed by atoms with Gasteiger partial charge in [-0.15, -0.1) is 0 Å². The van der Waals surface area contributed by atoms with Crippen molar-refractivity contribution in [3.8, 4) is 28.0 Å². The quantitative estimate of drug-likeness (QED) is 0.0413. The predicted octanol–water partition coefficient (Wildman–Crippen LogP) is 17.0. The van der Waals surface area contributed by atoms with E-state index in [4.69, 9.17) is 19.7 Å². The van der Waals surface area contributed by atoms with Crippen LogP contribution in [0.2, 0.25) is 0 Å². The van der Waals surface area contributed by atoms with Gasteiger partial charge in [-0.2, -0.15) is 0 Å². The van der Waals surface area contributed by atoms with Crippen LogP contribution in [-0.2, 0) is 0 Å². The van der Waals surface area contributed by atoms with Crippen molar-refractivity contribution in [2.45, 2.75) is 157 Å². The van der Waals surface area contributed by atoms with E-state index in [1.807, 2.05) is 32.0 Å². The Bertz CT molecular complexity index is 2000. The molecule has 318 valence electrons. The van der Waals surface area contributed by atoms with Crippen molar-refractivity contribution in [3.63, 3.8) is 0 Å². The molecule has 1 heterocycles. The van der Waals surface area contributed by atoms with Gasteiger partial charge in [0, 0.05) is 11.1 Å². The summed E-state index contributed by atoms with van der Waals surface area (Å²) in [5, 5.41) is 0. The molecule has 0 amide bonds. The van der Waals surface area contributed by atoms with Crippen LogP contribution in [0, 0.1) is 20.8 Å². The van der Waals surface area contributed by atoms with Crippen molar-refractivity contribution < 1.29 is 4.74 Å². The van der Waals surface area contributed by atoms with E-state index in [-0.39, 0.29) is 0 Å². The van der Waals surface area contributed by atoms with Gasteiger partial charge in [-0.25, -0.2) is 4.98 Å². The molecule has 5 rings (SSSR count). The molecule has 0 saturated carbocycles. The van der Waals surface area contributed by atoms with E-state index in [2.05, 4.69) is 113 Å². The Labute approximate surface area is 364 Å². The molecule has 1 aromatic heterocycles. The van der Waals surface area contributed by atoms with Crippen molar-refractivity contribution in [1.82, 2.24) is 4.98 Å². The molecule has 0 radical (unpaired) electrons. The second-order valence-corrected chi connectivity index (χ2v) is 17.0. The highest BCUT2D eigenvalue weighted by atomic mass is 16.5. The summed E-state index contributed by atoms with van der Waals surface area (Å²) in [6.07, 6.45) is 24.6. The van der Waals surface area contributed by atoms with E-state index in [1.165, 1.54) is 126 Å². The molecule has 4 nitrogen and oxygen atoms in total. The Morgan fingerprint density at radius 1 is 0.483 bits per heavy atom. The summed E-state index contributed by atoms with van der Waals surface area (Å²) in [7, 11) is 0. The molecular formula is C56H73N3O. The second kappa shape index (κ2) is 25.7. The maximum Gasteiger partial charge on any atom is 0.135 e. The van der Waals surface area contributed by atoms with Crippen LogP contribution in [0.15, 0.2) is 113 Å². The first-order chi connectivity index (χ1) is 29.3. The Balaban J connectivity index is 1.20. The van der Waals surface area contributed by atoms with Gasteiger partial charge in [-0.1, -0.05) is 201 Å². The molecule has 4 heteroatoms. The molecule has 0 aliphatic heterocycles. The van der Waals surface area contributed by atoms with E-state index in [0.29, 0.717) is 6.61 Å². The monoisotopic (exact) mass is 804 g/mol. The number of ether oxygens (including phenoxy) is 1. The molecule has 0 atom stereocenters. The van der Waals surface area contributed by atoms with Gasteiger partial charge in [0.25, 0.3) is 0 Å². The topological polar surface area (TPSA) is 46.8 Å². The number of pyridine rings is 1. The van der Waals surface area contributed by atoms with Crippen LogP contribution < -0.4 is 4.74 Å². The van der Waals surface area contributed by atoms with Gasteiger partial charge in [0.15, 0.2) is 0 Å². The first kappa shape index (κ1) is 46.2. The van der Waals surface area contributed by atoms with Gasteiger partial charge in [-0.3, -0.25) is 9.98 Å². The molecule has 0 bridgehead atoms. The highest BCUT2D eigenvalue weighted by molar-refractivity contribution is 6.03. The molecule has 0 fully saturated rings. The molecule has 4 aromatic carbocycles. The number of aromatic nitrogens is 1. The maximum atomic E-state index is 6.79. The van der Waals surface area contributed by atoms with Crippen molar-refractivity contribution in [2.75, 3.05) is 6.61 Å². The predicted molar refractivity (Wildman–Crippen MR) is 260 cm³/mol. The Morgan fingerprint density at radius 3 is 1.35 bits per heavy atom. The lowest BCUT2D eigenvalue weighted by molar-refractivity contribution is 0.306. The molecule has 0 N–H and O–H groups in total. The number of rotatable bonds is 26. The smallest absolute Gasteiger partial charge is 0.135 e. The second-order valence-electron chi connectivity index (χ2n) is 17.0. The molecular weight excluding hydrogens is 731 g/mol.